The van der Waals surface area contributed by atoms with Crippen LogP contribution in [-0.2, 0) is 6.54 Å². The van der Waals surface area contributed by atoms with Gasteiger partial charge in [-0.05, 0) is 49.4 Å². The van der Waals surface area contributed by atoms with Crippen LogP contribution in [0.3, 0.4) is 0 Å². The molecule has 112 valence electrons. The van der Waals surface area contributed by atoms with E-state index < -0.39 is 0 Å². The molecule has 0 aliphatic carbocycles. The Labute approximate surface area is 126 Å². The SMILES string of the molecule is Cc1ccc(C(C)C)cc1Oc1nnc(C)c(C)c1CN. The Kier molecular flexibility index (Phi) is 4.58. The Balaban J connectivity index is 2.43. The summed E-state index contributed by atoms with van der Waals surface area (Å²) in [7, 11) is 0. The smallest absolute Gasteiger partial charge is 0.243 e. The zero-order valence-corrected chi connectivity index (χ0v) is 13.4. The molecule has 0 aliphatic rings. The third kappa shape index (κ3) is 3.22. The summed E-state index contributed by atoms with van der Waals surface area (Å²) in [5.41, 5.74) is 11.0. The summed E-state index contributed by atoms with van der Waals surface area (Å²) in [6.45, 7) is 10.7. The van der Waals surface area contributed by atoms with Gasteiger partial charge in [0.15, 0.2) is 0 Å². The number of benzene rings is 1. The average molecular weight is 285 g/mol. The van der Waals surface area contributed by atoms with Crippen molar-refractivity contribution in [3.8, 4) is 11.6 Å². The number of aryl methyl sites for hydroxylation is 2. The summed E-state index contributed by atoms with van der Waals surface area (Å²) in [4.78, 5) is 0. The van der Waals surface area contributed by atoms with E-state index in [0.29, 0.717) is 18.3 Å². The molecule has 0 saturated carbocycles. The number of nitrogens with two attached hydrogens (primary N) is 1. The maximum atomic E-state index is 6.00. The van der Waals surface area contributed by atoms with Gasteiger partial charge < -0.3 is 10.5 Å². The van der Waals surface area contributed by atoms with Crippen LogP contribution in [0.5, 0.6) is 11.6 Å². The van der Waals surface area contributed by atoms with Gasteiger partial charge in [0.25, 0.3) is 0 Å². The van der Waals surface area contributed by atoms with E-state index in [9.17, 15) is 0 Å². The lowest BCUT2D eigenvalue weighted by molar-refractivity contribution is 0.442. The van der Waals surface area contributed by atoms with Crippen molar-refractivity contribution in [2.45, 2.75) is 47.1 Å². The van der Waals surface area contributed by atoms with Crippen molar-refractivity contribution in [3.63, 3.8) is 0 Å². The van der Waals surface area contributed by atoms with E-state index in [0.717, 1.165) is 28.1 Å². The van der Waals surface area contributed by atoms with Crippen LogP contribution in [0.2, 0.25) is 0 Å². The van der Waals surface area contributed by atoms with Crippen LogP contribution < -0.4 is 10.5 Å². The van der Waals surface area contributed by atoms with E-state index in [1.807, 2.05) is 20.8 Å². The molecule has 2 rings (SSSR count). The summed E-state index contributed by atoms with van der Waals surface area (Å²) in [5.74, 6) is 1.77. The number of rotatable bonds is 4. The molecule has 0 saturated heterocycles. The maximum Gasteiger partial charge on any atom is 0.243 e. The van der Waals surface area contributed by atoms with E-state index >= 15 is 0 Å². The Morgan fingerprint density at radius 2 is 1.86 bits per heavy atom. The molecule has 2 N–H and O–H groups in total. The highest BCUT2D eigenvalue weighted by Gasteiger charge is 2.13. The zero-order chi connectivity index (χ0) is 15.6. The molecule has 0 aliphatic heterocycles. The Morgan fingerprint density at radius 3 is 2.48 bits per heavy atom. The summed E-state index contributed by atoms with van der Waals surface area (Å²) in [5, 5.41) is 8.31. The standard InChI is InChI=1S/C17H23N3O/c1-10(2)14-7-6-11(3)16(8-14)21-17-15(9-18)12(4)13(5)19-20-17/h6-8,10H,9,18H2,1-5H3. The molecule has 1 heterocycles. The van der Waals surface area contributed by atoms with Crippen molar-refractivity contribution in [2.75, 3.05) is 0 Å². The van der Waals surface area contributed by atoms with Gasteiger partial charge in [-0.1, -0.05) is 26.0 Å². The van der Waals surface area contributed by atoms with Crippen molar-refractivity contribution >= 4 is 0 Å². The predicted molar refractivity (Wildman–Crippen MR) is 84.7 cm³/mol. The molecule has 1 aromatic carbocycles. The fraction of sp³-hybridized carbons (Fsp3) is 0.412. The summed E-state index contributed by atoms with van der Waals surface area (Å²) in [6.07, 6.45) is 0. The van der Waals surface area contributed by atoms with E-state index in [1.54, 1.807) is 0 Å². The molecular formula is C17H23N3O. The summed E-state index contributed by atoms with van der Waals surface area (Å²) >= 11 is 0. The molecular weight excluding hydrogens is 262 g/mol. The second-order valence-electron chi connectivity index (χ2n) is 5.68. The normalized spacial score (nSPS) is 11.0. The quantitative estimate of drug-likeness (QED) is 0.928. The van der Waals surface area contributed by atoms with Crippen LogP contribution >= 0.6 is 0 Å². The van der Waals surface area contributed by atoms with Gasteiger partial charge >= 0.3 is 0 Å². The van der Waals surface area contributed by atoms with Gasteiger partial charge in [0.2, 0.25) is 5.88 Å². The van der Waals surface area contributed by atoms with Crippen LogP contribution in [0.15, 0.2) is 18.2 Å². The Bertz CT molecular complexity index is 651. The number of hydrogen-bond donors (Lipinski definition) is 1. The first-order valence-electron chi connectivity index (χ1n) is 7.25. The van der Waals surface area contributed by atoms with Gasteiger partial charge in [-0.15, -0.1) is 5.10 Å². The largest absolute Gasteiger partial charge is 0.437 e. The highest BCUT2D eigenvalue weighted by molar-refractivity contribution is 5.43. The number of ether oxygens (including phenoxy) is 1. The van der Waals surface area contributed by atoms with Gasteiger partial charge in [-0.25, -0.2) is 0 Å². The third-order valence-corrected chi connectivity index (χ3v) is 3.83. The molecule has 4 nitrogen and oxygen atoms in total. The minimum absolute atomic E-state index is 0.389. The molecule has 1 aromatic heterocycles. The zero-order valence-electron chi connectivity index (χ0n) is 13.4. The van der Waals surface area contributed by atoms with Gasteiger partial charge in [-0.3, -0.25) is 0 Å². The first kappa shape index (κ1) is 15.4. The highest BCUT2D eigenvalue weighted by atomic mass is 16.5. The number of nitrogens with zero attached hydrogens (tertiary/aromatic N) is 2. The lowest BCUT2D eigenvalue weighted by atomic mass is 10.0. The molecule has 0 bridgehead atoms. The maximum absolute atomic E-state index is 6.00. The van der Waals surface area contributed by atoms with Crippen LogP contribution in [0.4, 0.5) is 0 Å². The number of hydrogen-bond acceptors (Lipinski definition) is 4. The Morgan fingerprint density at radius 1 is 1.14 bits per heavy atom. The van der Waals surface area contributed by atoms with Crippen LogP contribution in [0, 0.1) is 20.8 Å². The van der Waals surface area contributed by atoms with Crippen molar-refractivity contribution in [3.05, 3.63) is 46.1 Å². The lowest BCUT2D eigenvalue weighted by Crippen LogP contribution is -2.07. The topological polar surface area (TPSA) is 61.0 Å². The van der Waals surface area contributed by atoms with Gasteiger partial charge in [0, 0.05) is 12.1 Å². The van der Waals surface area contributed by atoms with Crippen molar-refractivity contribution in [1.29, 1.82) is 0 Å². The molecule has 0 spiro atoms. The van der Waals surface area contributed by atoms with E-state index in [4.69, 9.17) is 10.5 Å². The predicted octanol–water partition coefficient (Wildman–Crippen LogP) is 3.78. The summed E-state index contributed by atoms with van der Waals surface area (Å²) < 4.78 is 6.00. The highest BCUT2D eigenvalue weighted by Crippen LogP contribution is 2.30. The van der Waals surface area contributed by atoms with Crippen LogP contribution in [0.1, 0.15) is 47.7 Å². The minimum Gasteiger partial charge on any atom is -0.437 e. The summed E-state index contributed by atoms with van der Waals surface area (Å²) in [6, 6.07) is 6.27. The molecule has 0 fully saturated rings. The van der Waals surface area contributed by atoms with Gasteiger partial charge in [0.05, 0.1) is 5.69 Å². The minimum atomic E-state index is 0.389. The molecule has 0 radical (unpaired) electrons. The van der Waals surface area contributed by atoms with Crippen LogP contribution in [0.25, 0.3) is 0 Å². The monoisotopic (exact) mass is 285 g/mol. The van der Waals surface area contributed by atoms with Crippen molar-refractivity contribution in [1.82, 2.24) is 10.2 Å². The first-order valence-corrected chi connectivity index (χ1v) is 7.25. The fourth-order valence-electron chi connectivity index (χ4n) is 2.15. The second-order valence-corrected chi connectivity index (χ2v) is 5.68. The average Bonchev–Trinajstić information content (AvgIpc) is 2.45. The van der Waals surface area contributed by atoms with Gasteiger partial charge in [0.1, 0.15) is 5.75 Å². The van der Waals surface area contributed by atoms with Crippen molar-refractivity contribution in [2.24, 2.45) is 5.73 Å². The van der Waals surface area contributed by atoms with Crippen LogP contribution in [-0.4, -0.2) is 10.2 Å². The van der Waals surface area contributed by atoms with E-state index in [2.05, 4.69) is 42.2 Å². The van der Waals surface area contributed by atoms with Crippen molar-refractivity contribution < 1.29 is 4.74 Å². The fourth-order valence-corrected chi connectivity index (χ4v) is 2.15. The molecule has 0 unspecified atom stereocenters. The lowest BCUT2D eigenvalue weighted by Gasteiger charge is -2.15. The third-order valence-electron chi connectivity index (χ3n) is 3.83. The first-order chi connectivity index (χ1) is 9.93. The van der Waals surface area contributed by atoms with Gasteiger partial charge in [-0.2, -0.15) is 5.10 Å². The molecule has 2 aromatic rings. The molecule has 0 atom stereocenters. The van der Waals surface area contributed by atoms with E-state index in [-0.39, 0.29) is 0 Å². The molecule has 4 heteroatoms. The second kappa shape index (κ2) is 6.22. The Hall–Kier alpha value is -1.94. The molecule has 21 heavy (non-hydrogen) atoms. The number of aromatic nitrogens is 2. The van der Waals surface area contributed by atoms with E-state index in [1.165, 1.54) is 5.56 Å². The molecule has 0 amide bonds.